The van der Waals surface area contributed by atoms with Gasteiger partial charge in [-0.15, -0.1) is 0 Å². The third kappa shape index (κ3) is 4.08. The molecular weight excluding hydrogens is 312 g/mol. The Morgan fingerprint density at radius 3 is 2.52 bits per heavy atom. The molecule has 0 saturated carbocycles. The number of aromatic carboxylic acids is 1. The summed E-state index contributed by atoms with van der Waals surface area (Å²) in [5, 5.41) is 9.04. The number of aromatic nitrogens is 2. The topological polar surface area (TPSA) is 55.1 Å². The predicted octanol–water partition coefficient (Wildman–Crippen LogP) is 4.91. The summed E-state index contributed by atoms with van der Waals surface area (Å²) in [5.74, 6) is 0.218. The Kier molecular flexibility index (Phi) is 5.49. The van der Waals surface area contributed by atoms with E-state index in [0.29, 0.717) is 12.1 Å². The monoisotopic (exact) mass is 336 g/mol. The number of carbonyl (C=O) groups is 1. The van der Waals surface area contributed by atoms with Gasteiger partial charge in [0.1, 0.15) is 5.82 Å². The molecule has 1 aromatic heterocycles. The second-order valence-corrected chi connectivity index (χ2v) is 6.42. The van der Waals surface area contributed by atoms with Gasteiger partial charge in [0, 0.05) is 13.0 Å². The molecule has 0 amide bonds. The number of para-hydroxylation sites is 2. The number of rotatable bonds is 8. The number of imidazole rings is 1. The fraction of sp³-hybridized carbons (Fsp3) is 0.333. The zero-order valence-electron chi connectivity index (χ0n) is 14.6. The molecule has 0 bridgehead atoms. The van der Waals surface area contributed by atoms with Gasteiger partial charge in [0.05, 0.1) is 16.6 Å². The Labute approximate surface area is 148 Å². The minimum atomic E-state index is -0.892. The highest BCUT2D eigenvalue weighted by molar-refractivity contribution is 5.87. The average molecular weight is 336 g/mol. The molecule has 0 saturated heterocycles. The Morgan fingerprint density at radius 1 is 1.04 bits per heavy atom. The molecule has 130 valence electrons. The van der Waals surface area contributed by atoms with E-state index in [1.807, 2.05) is 24.3 Å². The summed E-state index contributed by atoms with van der Waals surface area (Å²) in [6.45, 7) is 2.93. The van der Waals surface area contributed by atoms with Gasteiger partial charge in [-0.1, -0.05) is 50.5 Å². The van der Waals surface area contributed by atoms with Crippen LogP contribution >= 0.6 is 0 Å². The molecule has 0 atom stereocenters. The molecule has 2 aromatic carbocycles. The van der Waals surface area contributed by atoms with Gasteiger partial charge in [-0.2, -0.15) is 0 Å². The maximum absolute atomic E-state index is 11.0. The lowest BCUT2D eigenvalue weighted by Crippen LogP contribution is -2.06. The zero-order chi connectivity index (χ0) is 17.6. The SMILES string of the molecule is CCCCCCc1nc2ccccc2n1Cc1ccc(C(=O)O)cc1. The number of carboxylic acid groups (broad SMARTS) is 1. The molecule has 0 radical (unpaired) electrons. The van der Waals surface area contributed by atoms with Crippen molar-refractivity contribution >= 4 is 17.0 Å². The van der Waals surface area contributed by atoms with E-state index in [-0.39, 0.29) is 0 Å². The van der Waals surface area contributed by atoms with Crippen molar-refractivity contribution in [2.45, 2.75) is 45.6 Å². The van der Waals surface area contributed by atoms with Crippen LogP contribution in [0, 0.1) is 0 Å². The van der Waals surface area contributed by atoms with E-state index in [1.165, 1.54) is 19.3 Å². The molecule has 0 fully saturated rings. The van der Waals surface area contributed by atoms with Crippen LogP contribution in [0.15, 0.2) is 48.5 Å². The molecule has 25 heavy (non-hydrogen) atoms. The second kappa shape index (κ2) is 7.97. The van der Waals surface area contributed by atoms with Gasteiger partial charge >= 0.3 is 5.97 Å². The van der Waals surface area contributed by atoms with Crippen molar-refractivity contribution in [2.75, 3.05) is 0 Å². The van der Waals surface area contributed by atoms with Crippen LogP contribution in [0.2, 0.25) is 0 Å². The lowest BCUT2D eigenvalue weighted by Gasteiger charge is -2.10. The summed E-state index contributed by atoms with van der Waals surface area (Å²) in [7, 11) is 0. The Morgan fingerprint density at radius 2 is 1.80 bits per heavy atom. The highest BCUT2D eigenvalue weighted by atomic mass is 16.4. The Balaban J connectivity index is 1.86. The van der Waals surface area contributed by atoms with Crippen molar-refractivity contribution in [1.82, 2.24) is 9.55 Å². The number of fused-ring (bicyclic) bond motifs is 1. The molecular formula is C21H24N2O2. The molecule has 4 nitrogen and oxygen atoms in total. The fourth-order valence-corrected chi connectivity index (χ4v) is 3.14. The molecule has 0 aliphatic carbocycles. The number of nitrogens with zero attached hydrogens (tertiary/aromatic N) is 2. The zero-order valence-corrected chi connectivity index (χ0v) is 14.6. The van der Waals surface area contributed by atoms with Crippen molar-refractivity contribution in [3.8, 4) is 0 Å². The minimum absolute atomic E-state index is 0.319. The van der Waals surface area contributed by atoms with E-state index < -0.39 is 5.97 Å². The molecule has 0 aliphatic heterocycles. The van der Waals surface area contributed by atoms with E-state index in [9.17, 15) is 4.79 Å². The smallest absolute Gasteiger partial charge is 0.335 e. The van der Waals surface area contributed by atoms with Crippen LogP contribution in [0.1, 0.15) is 54.4 Å². The van der Waals surface area contributed by atoms with Crippen molar-refractivity contribution in [2.24, 2.45) is 0 Å². The summed E-state index contributed by atoms with van der Waals surface area (Å²) in [6, 6.07) is 15.3. The number of carboxylic acids is 1. The standard InChI is InChI=1S/C21H24N2O2/c1-2-3-4-5-10-20-22-18-8-6-7-9-19(18)23(20)15-16-11-13-17(14-12-16)21(24)25/h6-9,11-14H,2-5,10,15H2,1H3,(H,24,25). The molecule has 3 rings (SSSR count). The average Bonchev–Trinajstić information content (AvgIpc) is 2.97. The maximum Gasteiger partial charge on any atom is 0.335 e. The maximum atomic E-state index is 11.0. The first-order valence-electron chi connectivity index (χ1n) is 8.95. The van der Waals surface area contributed by atoms with Gasteiger partial charge in [0.2, 0.25) is 0 Å². The minimum Gasteiger partial charge on any atom is -0.478 e. The van der Waals surface area contributed by atoms with Gasteiger partial charge < -0.3 is 9.67 Å². The first-order valence-corrected chi connectivity index (χ1v) is 8.95. The Hall–Kier alpha value is -2.62. The lowest BCUT2D eigenvalue weighted by atomic mass is 10.1. The van der Waals surface area contributed by atoms with Gasteiger partial charge in [-0.25, -0.2) is 9.78 Å². The van der Waals surface area contributed by atoms with Crippen molar-refractivity contribution < 1.29 is 9.90 Å². The third-order valence-electron chi connectivity index (χ3n) is 4.53. The van der Waals surface area contributed by atoms with E-state index in [1.54, 1.807) is 12.1 Å². The summed E-state index contributed by atoms with van der Waals surface area (Å²) < 4.78 is 2.26. The van der Waals surface area contributed by atoms with Gasteiger partial charge in [0.15, 0.2) is 0 Å². The number of hydrogen-bond donors (Lipinski definition) is 1. The van der Waals surface area contributed by atoms with Crippen LogP contribution < -0.4 is 0 Å². The summed E-state index contributed by atoms with van der Waals surface area (Å²) in [4.78, 5) is 15.8. The van der Waals surface area contributed by atoms with Gasteiger partial charge in [-0.3, -0.25) is 0 Å². The van der Waals surface area contributed by atoms with E-state index >= 15 is 0 Å². The molecule has 4 heteroatoms. The van der Waals surface area contributed by atoms with E-state index in [2.05, 4.69) is 23.6 Å². The van der Waals surface area contributed by atoms with Crippen LogP contribution in [0.25, 0.3) is 11.0 Å². The largest absolute Gasteiger partial charge is 0.478 e. The highest BCUT2D eigenvalue weighted by Crippen LogP contribution is 2.20. The highest BCUT2D eigenvalue weighted by Gasteiger charge is 2.11. The fourth-order valence-electron chi connectivity index (χ4n) is 3.14. The number of hydrogen-bond acceptors (Lipinski definition) is 2. The quantitative estimate of drug-likeness (QED) is 0.595. The molecule has 3 aromatic rings. The number of aryl methyl sites for hydroxylation is 1. The molecule has 0 unspecified atom stereocenters. The summed E-state index contributed by atoms with van der Waals surface area (Å²) in [6.07, 6.45) is 5.84. The van der Waals surface area contributed by atoms with Crippen LogP contribution in [0.3, 0.4) is 0 Å². The summed E-state index contributed by atoms with van der Waals surface area (Å²) >= 11 is 0. The van der Waals surface area contributed by atoms with E-state index in [4.69, 9.17) is 10.1 Å². The normalized spacial score (nSPS) is 11.1. The molecule has 1 heterocycles. The third-order valence-corrected chi connectivity index (χ3v) is 4.53. The first-order chi connectivity index (χ1) is 12.2. The van der Waals surface area contributed by atoms with Crippen LogP contribution in [-0.4, -0.2) is 20.6 Å². The molecule has 1 N–H and O–H groups in total. The summed E-state index contributed by atoms with van der Waals surface area (Å²) in [5.41, 5.74) is 3.56. The van der Waals surface area contributed by atoms with Crippen molar-refractivity contribution in [3.63, 3.8) is 0 Å². The molecule has 0 aliphatic rings. The second-order valence-electron chi connectivity index (χ2n) is 6.42. The predicted molar refractivity (Wildman–Crippen MR) is 100 cm³/mol. The van der Waals surface area contributed by atoms with Gasteiger partial charge in [0.25, 0.3) is 0 Å². The van der Waals surface area contributed by atoms with Gasteiger partial charge in [-0.05, 0) is 36.2 Å². The lowest BCUT2D eigenvalue weighted by molar-refractivity contribution is 0.0697. The van der Waals surface area contributed by atoms with Crippen LogP contribution in [-0.2, 0) is 13.0 Å². The Bertz CT molecular complexity index is 850. The van der Waals surface area contributed by atoms with Crippen molar-refractivity contribution in [3.05, 3.63) is 65.5 Å². The first kappa shape index (κ1) is 17.2. The van der Waals surface area contributed by atoms with Crippen LogP contribution in [0.5, 0.6) is 0 Å². The van der Waals surface area contributed by atoms with Crippen molar-refractivity contribution in [1.29, 1.82) is 0 Å². The molecule has 0 spiro atoms. The van der Waals surface area contributed by atoms with E-state index in [0.717, 1.165) is 35.3 Å². The number of unbranched alkanes of at least 4 members (excludes halogenated alkanes) is 3. The van der Waals surface area contributed by atoms with Crippen LogP contribution in [0.4, 0.5) is 0 Å². The number of benzene rings is 2.